The summed E-state index contributed by atoms with van der Waals surface area (Å²) in [7, 11) is 0. The fraction of sp³-hybridized carbons (Fsp3) is 0.105. The monoisotopic (exact) mass is 336 g/mol. The van der Waals surface area contributed by atoms with Crippen LogP contribution in [-0.4, -0.2) is 16.1 Å². The Morgan fingerprint density at radius 2 is 1.84 bits per heavy atom. The van der Waals surface area contributed by atoms with Gasteiger partial charge in [-0.15, -0.1) is 10.2 Å². The highest BCUT2D eigenvalue weighted by molar-refractivity contribution is 6.03. The number of nitrogens with one attached hydrogen (secondary N) is 2. The van der Waals surface area contributed by atoms with Crippen LogP contribution in [0.4, 0.5) is 21.6 Å². The zero-order valence-electron chi connectivity index (χ0n) is 13.9. The lowest BCUT2D eigenvalue weighted by Gasteiger charge is -2.09. The molecule has 2 N–H and O–H groups in total. The molecule has 0 aliphatic rings. The van der Waals surface area contributed by atoms with Gasteiger partial charge in [-0.05, 0) is 61.4 Å². The van der Waals surface area contributed by atoms with Gasteiger partial charge in [-0.1, -0.05) is 18.2 Å². The predicted octanol–water partition coefficient (Wildman–Crippen LogP) is 4.23. The normalized spacial score (nSPS) is 10.4. The van der Waals surface area contributed by atoms with E-state index in [0.717, 1.165) is 16.8 Å². The lowest BCUT2D eigenvalue weighted by molar-refractivity contribution is 0.102. The fourth-order valence-electron chi connectivity index (χ4n) is 2.29. The second kappa shape index (κ2) is 7.09. The van der Waals surface area contributed by atoms with Gasteiger partial charge >= 0.3 is 0 Å². The molecule has 2 aromatic carbocycles. The summed E-state index contributed by atoms with van der Waals surface area (Å²) in [5.74, 6) is -0.255. The molecule has 25 heavy (non-hydrogen) atoms. The minimum absolute atomic E-state index is 0.200. The molecule has 0 spiro atoms. The Balaban J connectivity index is 1.71. The van der Waals surface area contributed by atoms with E-state index in [1.165, 1.54) is 12.1 Å². The molecule has 0 aliphatic carbocycles. The molecule has 1 heterocycles. The third-order valence-electron chi connectivity index (χ3n) is 3.64. The van der Waals surface area contributed by atoms with Crippen LogP contribution in [0.15, 0.2) is 54.6 Å². The van der Waals surface area contributed by atoms with Crippen molar-refractivity contribution in [3.63, 3.8) is 0 Å². The van der Waals surface area contributed by atoms with Crippen molar-refractivity contribution in [2.75, 3.05) is 10.6 Å². The number of benzene rings is 2. The average Bonchev–Trinajstić information content (AvgIpc) is 2.59. The summed E-state index contributed by atoms with van der Waals surface area (Å²) < 4.78 is 13.2. The number of hydrogen-bond acceptors (Lipinski definition) is 4. The number of halogens is 1. The molecule has 0 atom stereocenters. The molecular weight excluding hydrogens is 319 g/mol. The molecule has 1 amide bonds. The highest BCUT2D eigenvalue weighted by Crippen LogP contribution is 2.18. The van der Waals surface area contributed by atoms with Gasteiger partial charge < -0.3 is 10.6 Å². The first-order chi connectivity index (χ1) is 12.0. The maximum Gasteiger partial charge on any atom is 0.276 e. The topological polar surface area (TPSA) is 66.9 Å². The van der Waals surface area contributed by atoms with Crippen molar-refractivity contribution in [2.45, 2.75) is 13.8 Å². The number of carbonyl (C=O) groups excluding carboxylic acids is 1. The highest BCUT2D eigenvalue weighted by Gasteiger charge is 2.10. The van der Waals surface area contributed by atoms with Crippen LogP contribution in [0.2, 0.25) is 0 Å². The first-order valence-corrected chi connectivity index (χ1v) is 7.76. The summed E-state index contributed by atoms with van der Waals surface area (Å²) in [6.45, 7) is 3.88. The molecule has 1 aromatic heterocycles. The first kappa shape index (κ1) is 16.6. The number of aryl methyl sites for hydroxylation is 2. The van der Waals surface area contributed by atoms with Crippen LogP contribution in [-0.2, 0) is 0 Å². The van der Waals surface area contributed by atoms with Gasteiger partial charge in [0.05, 0.1) is 0 Å². The zero-order valence-corrected chi connectivity index (χ0v) is 13.9. The van der Waals surface area contributed by atoms with Gasteiger partial charge in [0.2, 0.25) is 0 Å². The van der Waals surface area contributed by atoms with Gasteiger partial charge in [0, 0.05) is 11.4 Å². The van der Waals surface area contributed by atoms with Crippen molar-refractivity contribution in [3.05, 3.63) is 77.2 Å². The van der Waals surface area contributed by atoms with Crippen LogP contribution < -0.4 is 10.6 Å². The largest absolute Gasteiger partial charge is 0.339 e. The molecule has 3 aromatic rings. The third kappa shape index (κ3) is 4.17. The summed E-state index contributed by atoms with van der Waals surface area (Å²) in [6, 6.07) is 15.0. The van der Waals surface area contributed by atoms with E-state index >= 15 is 0 Å². The quantitative estimate of drug-likeness (QED) is 0.748. The summed E-state index contributed by atoms with van der Waals surface area (Å²) in [5, 5.41) is 13.7. The van der Waals surface area contributed by atoms with Crippen LogP contribution >= 0.6 is 0 Å². The van der Waals surface area contributed by atoms with Gasteiger partial charge in [-0.3, -0.25) is 4.79 Å². The van der Waals surface area contributed by atoms with E-state index in [-0.39, 0.29) is 17.4 Å². The van der Waals surface area contributed by atoms with E-state index < -0.39 is 0 Å². The van der Waals surface area contributed by atoms with E-state index in [2.05, 4.69) is 20.8 Å². The van der Waals surface area contributed by atoms with Crippen LogP contribution in [0, 0.1) is 19.7 Å². The predicted molar refractivity (Wildman–Crippen MR) is 95.6 cm³/mol. The number of anilines is 3. The molecule has 0 aliphatic heterocycles. The summed E-state index contributed by atoms with van der Waals surface area (Å²) in [6.07, 6.45) is 0. The molecule has 3 rings (SSSR count). The minimum Gasteiger partial charge on any atom is -0.339 e. The van der Waals surface area contributed by atoms with E-state index in [0.29, 0.717) is 11.5 Å². The van der Waals surface area contributed by atoms with E-state index in [1.54, 1.807) is 24.3 Å². The van der Waals surface area contributed by atoms with Crippen molar-refractivity contribution in [1.29, 1.82) is 0 Å². The minimum atomic E-state index is -0.345. The smallest absolute Gasteiger partial charge is 0.276 e. The van der Waals surface area contributed by atoms with E-state index in [4.69, 9.17) is 0 Å². The lowest BCUT2D eigenvalue weighted by Crippen LogP contribution is -2.15. The molecule has 126 valence electrons. The molecule has 0 unspecified atom stereocenters. The number of nitrogens with zero attached hydrogens (tertiary/aromatic N) is 2. The Labute approximate surface area is 144 Å². The van der Waals surface area contributed by atoms with Gasteiger partial charge in [0.1, 0.15) is 5.82 Å². The van der Waals surface area contributed by atoms with Crippen molar-refractivity contribution in [1.82, 2.24) is 10.2 Å². The maximum absolute atomic E-state index is 13.2. The van der Waals surface area contributed by atoms with Crippen molar-refractivity contribution in [3.8, 4) is 0 Å². The Morgan fingerprint density at radius 1 is 1.00 bits per heavy atom. The van der Waals surface area contributed by atoms with Gasteiger partial charge in [-0.25, -0.2) is 4.39 Å². The van der Waals surface area contributed by atoms with E-state index in [9.17, 15) is 9.18 Å². The Morgan fingerprint density at radius 3 is 2.56 bits per heavy atom. The van der Waals surface area contributed by atoms with E-state index in [1.807, 2.05) is 32.0 Å². The number of rotatable bonds is 4. The SMILES string of the molecule is Cc1ccc(C)c(NC(=O)c2ccc(Nc3cccc(F)c3)nn2)c1. The van der Waals surface area contributed by atoms with Crippen molar-refractivity contribution >= 4 is 23.1 Å². The fourth-order valence-corrected chi connectivity index (χ4v) is 2.29. The molecule has 0 saturated heterocycles. The number of carbonyl (C=O) groups is 1. The zero-order chi connectivity index (χ0) is 17.8. The molecule has 6 heteroatoms. The average molecular weight is 336 g/mol. The molecule has 0 fully saturated rings. The highest BCUT2D eigenvalue weighted by atomic mass is 19.1. The number of aromatic nitrogens is 2. The van der Waals surface area contributed by atoms with Crippen molar-refractivity contribution in [2.24, 2.45) is 0 Å². The van der Waals surface area contributed by atoms with Crippen LogP contribution in [0.5, 0.6) is 0 Å². The number of hydrogen-bond donors (Lipinski definition) is 2. The lowest BCUT2D eigenvalue weighted by atomic mass is 10.1. The second-order valence-electron chi connectivity index (χ2n) is 5.71. The summed E-state index contributed by atoms with van der Waals surface area (Å²) >= 11 is 0. The van der Waals surface area contributed by atoms with Crippen LogP contribution in [0.1, 0.15) is 21.6 Å². The van der Waals surface area contributed by atoms with Gasteiger partial charge in [0.25, 0.3) is 5.91 Å². The van der Waals surface area contributed by atoms with Crippen LogP contribution in [0.3, 0.4) is 0 Å². The number of amides is 1. The summed E-state index contributed by atoms with van der Waals surface area (Å²) in [4.78, 5) is 12.3. The Bertz CT molecular complexity index is 910. The van der Waals surface area contributed by atoms with Crippen LogP contribution in [0.25, 0.3) is 0 Å². The van der Waals surface area contributed by atoms with Gasteiger partial charge in [0.15, 0.2) is 11.5 Å². The molecule has 0 bridgehead atoms. The molecular formula is C19H17FN4O. The Kier molecular flexibility index (Phi) is 4.70. The Hall–Kier alpha value is -3.28. The van der Waals surface area contributed by atoms with Crippen molar-refractivity contribution < 1.29 is 9.18 Å². The molecule has 0 saturated carbocycles. The second-order valence-corrected chi connectivity index (χ2v) is 5.71. The maximum atomic E-state index is 13.2. The van der Waals surface area contributed by atoms with Gasteiger partial charge in [-0.2, -0.15) is 0 Å². The molecule has 5 nitrogen and oxygen atoms in total. The standard InChI is InChI=1S/C19H17FN4O/c1-12-6-7-13(2)17(10-12)22-19(25)16-8-9-18(24-23-16)21-15-5-3-4-14(20)11-15/h3-11H,1-2H3,(H,21,24)(H,22,25). The summed E-state index contributed by atoms with van der Waals surface area (Å²) in [5.41, 5.74) is 3.53. The molecule has 0 radical (unpaired) electrons. The third-order valence-corrected chi connectivity index (χ3v) is 3.64. The first-order valence-electron chi connectivity index (χ1n) is 7.76.